The first-order valence-corrected chi connectivity index (χ1v) is 13.1. The molecule has 0 N–H and O–H groups in total. The molecule has 0 saturated carbocycles. The summed E-state index contributed by atoms with van der Waals surface area (Å²) in [4.78, 5) is 34.4. The summed E-state index contributed by atoms with van der Waals surface area (Å²) >= 11 is 15.4. The van der Waals surface area contributed by atoms with Gasteiger partial charge in [-0.15, -0.1) is 11.3 Å². The fourth-order valence-electron chi connectivity index (χ4n) is 3.46. The van der Waals surface area contributed by atoms with Gasteiger partial charge in [0.1, 0.15) is 5.69 Å². The Balaban J connectivity index is 1.76. The molecule has 0 bridgehead atoms. The van der Waals surface area contributed by atoms with Crippen molar-refractivity contribution >= 4 is 68.9 Å². The molecule has 0 unspecified atom stereocenters. The fraction of sp³-hybridized carbons (Fsp3) is 0.261. The minimum Gasteiger partial charge on any atom is -0.493 e. The van der Waals surface area contributed by atoms with Crippen molar-refractivity contribution in [1.29, 1.82) is 0 Å². The number of thiazole rings is 1. The normalized spacial score (nSPS) is 13.5. The quantitative estimate of drug-likeness (QED) is 0.405. The first-order valence-electron chi connectivity index (χ1n) is 10.3. The van der Waals surface area contributed by atoms with Crippen LogP contribution in [-0.4, -0.2) is 60.5 Å². The summed E-state index contributed by atoms with van der Waals surface area (Å²) in [5.41, 5.74) is 1.03. The number of carbonyl (C=O) groups excluding carboxylic acids is 2. The van der Waals surface area contributed by atoms with Crippen LogP contribution in [0.25, 0.3) is 0 Å². The number of thioether (sulfide) groups is 1. The molecule has 3 aromatic rings. The van der Waals surface area contributed by atoms with E-state index in [2.05, 4.69) is 4.98 Å². The van der Waals surface area contributed by atoms with Gasteiger partial charge in [-0.05, 0) is 30.3 Å². The molecule has 0 aliphatic carbocycles. The summed E-state index contributed by atoms with van der Waals surface area (Å²) in [5, 5.41) is 2.63. The number of anilines is 2. The van der Waals surface area contributed by atoms with Gasteiger partial charge in [0.2, 0.25) is 0 Å². The van der Waals surface area contributed by atoms with Crippen LogP contribution in [0.1, 0.15) is 20.8 Å². The molecule has 1 aliphatic rings. The van der Waals surface area contributed by atoms with E-state index in [0.29, 0.717) is 46.1 Å². The standard InChI is InChI=1S/C23H21Cl2N3O4S2/c1-31-19-6-4-15(12-20(19)32-2)28(21(29)16-5-3-14(24)11-17(16)25)23-26-18(13-34-23)22(30)27-7-9-33-10-8-27/h3-6,11-13H,7-10H2,1-2H3. The molecule has 1 aliphatic heterocycles. The van der Waals surface area contributed by atoms with E-state index in [0.717, 1.165) is 11.5 Å². The van der Waals surface area contributed by atoms with E-state index in [-0.39, 0.29) is 16.5 Å². The van der Waals surface area contributed by atoms with Gasteiger partial charge in [0.15, 0.2) is 16.6 Å². The molecule has 178 valence electrons. The second-order valence-electron chi connectivity index (χ2n) is 7.22. The summed E-state index contributed by atoms with van der Waals surface area (Å²) in [6.45, 7) is 1.35. The van der Waals surface area contributed by atoms with Crippen LogP contribution in [0, 0.1) is 0 Å². The highest BCUT2D eigenvalue weighted by atomic mass is 35.5. The Labute approximate surface area is 215 Å². The number of nitrogens with zero attached hydrogens (tertiary/aromatic N) is 3. The second-order valence-corrected chi connectivity index (χ2v) is 10.1. The van der Waals surface area contributed by atoms with Crippen molar-refractivity contribution < 1.29 is 19.1 Å². The van der Waals surface area contributed by atoms with Gasteiger partial charge in [-0.3, -0.25) is 14.5 Å². The Hall–Kier alpha value is -2.46. The van der Waals surface area contributed by atoms with Gasteiger partial charge < -0.3 is 14.4 Å². The first-order chi connectivity index (χ1) is 16.4. The smallest absolute Gasteiger partial charge is 0.273 e. The number of rotatable bonds is 6. The van der Waals surface area contributed by atoms with Gasteiger partial charge in [-0.2, -0.15) is 11.8 Å². The highest BCUT2D eigenvalue weighted by Gasteiger charge is 2.28. The van der Waals surface area contributed by atoms with E-state index >= 15 is 0 Å². The third-order valence-electron chi connectivity index (χ3n) is 5.19. The van der Waals surface area contributed by atoms with E-state index in [1.54, 1.807) is 40.6 Å². The first kappa shape index (κ1) is 24.7. The van der Waals surface area contributed by atoms with Crippen LogP contribution in [0.15, 0.2) is 41.8 Å². The summed E-state index contributed by atoms with van der Waals surface area (Å²) in [6, 6.07) is 9.75. The van der Waals surface area contributed by atoms with Crippen molar-refractivity contribution in [2.75, 3.05) is 43.7 Å². The summed E-state index contributed by atoms with van der Waals surface area (Å²) in [5.74, 6) is 2.19. The molecule has 11 heteroatoms. The molecule has 7 nitrogen and oxygen atoms in total. The van der Waals surface area contributed by atoms with Gasteiger partial charge in [0, 0.05) is 41.1 Å². The molecular weight excluding hydrogens is 517 g/mol. The van der Waals surface area contributed by atoms with Crippen molar-refractivity contribution in [2.24, 2.45) is 0 Å². The van der Waals surface area contributed by atoms with Gasteiger partial charge >= 0.3 is 0 Å². The number of hydrogen-bond donors (Lipinski definition) is 0. The third kappa shape index (κ3) is 5.12. The topological polar surface area (TPSA) is 72.0 Å². The molecule has 1 saturated heterocycles. The average molecular weight is 538 g/mol. The number of hydrogen-bond acceptors (Lipinski definition) is 7. The lowest BCUT2D eigenvalue weighted by Crippen LogP contribution is -2.38. The number of amides is 2. The maximum Gasteiger partial charge on any atom is 0.273 e. The zero-order chi connectivity index (χ0) is 24.2. The lowest BCUT2D eigenvalue weighted by Gasteiger charge is -2.25. The highest BCUT2D eigenvalue weighted by molar-refractivity contribution is 7.99. The molecule has 4 rings (SSSR count). The van der Waals surface area contributed by atoms with Crippen molar-refractivity contribution in [1.82, 2.24) is 9.88 Å². The van der Waals surface area contributed by atoms with E-state index < -0.39 is 5.91 Å². The number of aromatic nitrogens is 1. The van der Waals surface area contributed by atoms with Gasteiger partial charge in [-0.25, -0.2) is 4.98 Å². The molecule has 0 atom stereocenters. The molecule has 2 amide bonds. The van der Waals surface area contributed by atoms with E-state index in [1.165, 1.54) is 36.5 Å². The molecular formula is C23H21Cl2N3O4S2. The Morgan fingerprint density at radius 1 is 1.03 bits per heavy atom. The molecule has 1 aromatic heterocycles. The summed E-state index contributed by atoms with van der Waals surface area (Å²) < 4.78 is 10.8. The van der Waals surface area contributed by atoms with Crippen LogP contribution < -0.4 is 14.4 Å². The molecule has 34 heavy (non-hydrogen) atoms. The Morgan fingerprint density at radius 2 is 1.76 bits per heavy atom. The molecule has 0 spiro atoms. The van der Waals surface area contributed by atoms with Gasteiger partial charge in [-0.1, -0.05) is 23.2 Å². The highest BCUT2D eigenvalue weighted by Crippen LogP contribution is 2.37. The third-order valence-corrected chi connectivity index (χ3v) is 7.51. The van der Waals surface area contributed by atoms with Crippen molar-refractivity contribution in [2.45, 2.75) is 0 Å². The largest absolute Gasteiger partial charge is 0.493 e. The van der Waals surface area contributed by atoms with Crippen LogP contribution in [0.2, 0.25) is 10.0 Å². The number of ether oxygens (including phenoxy) is 2. The molecule has 0 radical (unpaired) electrons. The van der Waals surface area contributed by atoms with E-state index in [9.17, 15) is 9.59 Å². The monoisotopic (exact) mass is 537 g/mol. The van der Waals surface area contributed by atoms with E-state index in [4.69, 9.17) is 32.7 Å². The summed E-state index contributed by atoms with van der Waals surface area (Å²) in [7, 11) is 3.05. The Bertz CT molecular complexity index is 1210. The molecule has 1 fully saturated rings. The van der Waals surface area contributed by atoms with Gasteiger partial charge in [0.05, 0.1) is 30.5 Å². The zero-order valence-electron chi connectivity index (χ0n) is 18.4. The van der Waals surface area contributed by atoms with Crippen LogP contribution >= 0.6 is 46.3 Å². The summed E-state index contributed by atoms with van der Waals surface area (Å²) in [6.07, 6.45) is 0. The fourth-order valence-corrected chi connectivity index (χ4v) is 5.66. The molecule has 2 heterocycles. The number of methoxy groups -OCH3 is 2. The van der Waals surface area contributed by atoms with Crippen molar-refractivity contribution in [3.8, 4) is 11.5 Å². The predicted molar refractivity (Wildman–Crippen MR) is 138 cm³/mol. The van der Waals surface area contributed by atoms with E-state index in [1.807, 2.05) is 11.8 Å². The minimum absolute atomic E-state index is 0.146. The minimum atomic E-state index is -0.420. The van der Waals surface area contributed by atoms with Crippen molar-refractivity contribution in [3.63, 3.8) is 0 Å². The van der Waals surface area contributed by atoms with Crippen LogP contribution in [0.3, 0.4) is 0 Å². The maximum atomic E-state index is 13.7. The van der Waals surface area contributed by atoms with Gasteiger partial charge in [0.25, 0.3) is 11.8 Å². The number of carbonyl (C=O) groups is 2. The SMILES string of the molecule is COc1ccc(N(C(=O)c2ccc(Cl)cc2Cl)c2nc(C(=O)N3CCSCC3)cs2)cc1OC. The molecule has 2 aromatic carbocycles. The van der Waals surface area contributed by atoms with Crippen LogP contribution in [0.5, 0.6) is 11.5 Å². The van der Waals surface area contributed by atoms with Crippen molar-refractivity contribution in [3.05, 3.63) is 63.1 Å². The van der Waals surface area contributed by atoms with Crippen LogP contribution in [0.4, 0.5) is 10.8 Å². The Kier molecular flexibility index (Phi) is 7.88. The predicted octanol–water partition coefficient (Wildman–Crippen LogP) is 5.63. The Morgan fingerprint density at radius 3 is 2.44 bits per heavy atom. The lowest BCUT2D eigenvalue weighted by atomic mass is 10.1. The zero-order valence-corrected chi connectivity index (χ0v) is 21.6. The number of halogens is 2. The number of benzene rings is 2. The average Bonchev–Trinajstić information content (AvgIpc) is 3.33. The second kappa shape index (κ2) is 10.9. The maximum absolute atomic E-state index is 13.7. The lowest BCUT2D eigenvalue weighted by molar-refractivity contribution is 0.0766. The van der Waals surface area contributed by atoms with Crippen LogP contribution in [-0.2, 0) is 0 Å².